The van der Waals surface area contributed by atoms with E-state index >= 15 is 0 Å². The molecule has 1 aromatic heterocycles. The minimum atomic E-state index is -3.86. The quantitative estimate of drug-likeness (QED) is 0.450. The zero-order valence-corrected chi connectivity index (χ0v) is 19.7. The first-order valence-electron chi connectivity index (χ1n) is 10.8. The van der Waals surface area contributed by atoms with Gasteiger partial charge in [-0.15, -0.1) is 0 Å². The third-order valence-corrected chi connectivity index (χ3v) is 7.66. The number of nitrogens with two attached hydrogens (primary N) is 1. The summed E-state index contributed by atoms with van der Waals surface area (Å²) >= 11 is 0. The van der Waals surface area contributed by atoms with E-state index in [1.165, 1.54) is 41.7 Å². The highest BCUT2D eigenvalue weighted by Gasteiger charge is 2.29. The lowest BCUT2D eigenvalue weighted by atomic mass is 10.1. The molecule has 182 valence electrons. The van der Waals surface area contributed by atoms with Crippen LogP contribution in [0.5, 0.6) is 0 Å². The van der Waals surface area contributed by atoms with Gasteiger partial charge in [-0.3, -0.25) is 30.2 Å². The number of hydrazine groups is 1. The number of rotatable bonds is 4. The lowest BCUT2D eigenvalue weighted by Gasteiger charge is -2.33. The molecule has 4 N–H and O–H groups in total. The predicted molar refractivity (Wildman–Crippen MR) is 129 cm³/mol. The zero-order valence-electron chi connectivity index (χ0n) is 18.9. The standard InChI is InChI=1S/C23H24N6O5S/c1-15(30)28-9-11-29(12-10-28)35(33,34)17-6-4-5-16(13-17)22(31)26-27-23(32)19-14-25-20-8-3-2-7-18(20)21(19)24/h2-8,13-14H,9-12H2,1H3,(H2,24,25)(H,26,31)(H,27,32). The Balaban J connectivity index is 1.44. The number of benzene rings is 2. The maximum Gasteiger partial charge on any atom is 0.273 e. The SMILES string of the molecule is CC(=O)N1CCN(S(=O)(=O)c2cccc(C(=O)NNC(=O)c3cnc4ccccc4c3N)c2)CC1. The molecule has 0 atom stereocenters. The van der Waals surface area contributed by atoms with E-state index in [-0.39, 0.29) is 40.7 Å². The molecule has 11 nitrogen and oxygen atoms in total. The number of fused-ring (bicyclic) bond motifs is 1. The van der Waals surface area contributed by atoms with Gasteiger partial charge in [-0.05, 0) is 24.3 Å². The van der Waals surface area contributed by atoms with Crippen LogP contribution in [-0.4, -0.2) is 66.5 Å². The second kappa shape index (κ2) is 9.68. The van der Waals surface area contributed by atoms with E-state index in [1.54, 1.807) is 29.2 Å². The third-order valence-electron chi connectivity index (χ3n) is 5.77. The van der Waals surface area contributed by atoms with Gasteiger partial charge in [0.25, 0.3) is 11.8 Å². The largest absolute Gasteiger partial charge is 0.397 e. The molecule has 0 spiro atoms. The number of pyridine rings is 1. The van der Waals surface area contributed by atoms with Crippen LogP contribution < -0.4 is 16.6 Å². The Morgan fingerprint density at radius 3 is 2.34 bits per heavy atom. The fourth-order valence-corrected chi connectivity index (χ4v) is 5.26. The number of para-hydroxylation sites is 1. The number of aromatic nitrogens is 1. The molecule has 0 aliphatic carbocycles. The molecule has 4 rings (SSSR count). The summed E-state index contributed by atoms with van der Waals surface area (Å²) in [5.74, 6) is -1.48. The smallest absolute Gasteiger partial charge is 0.273 e. The first kappa shape index (κ1) is 24.1. The van der Waals surface area contributed by atoms with Gasteiger partial charge in [0.15, 0.2) is 0 Å². The van der Waals surface area contributed by atoms with Crippen LogP contribution in [0.15, 0.2) is 59.6 Å². The molecular weight excluding hydrogens is 472 g/mol. The monoisotopic (exact) mass is 496 g/mol. The minimum Gasteiger partial charge on any atom is -0.397 e. The summed E-state index contributed by atoms with van der Waals surface area (Å²) in [7, 11) is -3.86. The van der Waals surface area contributed by atoms with Crippen molar-refractivity contribution in [2.24, 2.45) is 0 Å². The van der Waals surface area contributed by atoms with Gasteiger partial charge in [0.1, 0.15) is 0 Å². The summed E-state index contributed by atoms with van der Waals surface area (Å²) in [6.07, 6.45) is 1.32. The number of hydrogen-bond donors (Lipinski definition) is 3. The van der Waals surface area contributed by atoms with Crippen LogP contribution in [0.1, 0.15) is 27.6 Å². The highest BCUT2D eigenvalue weighted by Crippen LogP contribution is 2.22. The summed E-state index contributed by atoms with van der Waals surface area (Å²) in [6.45, 7) is 2.36. The topological polar surface area (TPSA) is 155 Å². The number of amides is 3. The lowest BCUT2D eigenvalue weighted by molar-refractivity contribution is -0.129. The van der Waals surface area contributed by atoms with Gasteiger partial charge in [0.2, 0.25) is 15.9 Å². The Morgan fingerprint density at radius 2 is 1.63 bits per heavy atom. The number of hydrogen-bond acceptors (Lipinski definition) is 7. The van der Waals surface area contributed by atoms with Crippen LogP contribution in [-0.2, 0) is 14.8 Å². The molecule has 2 aromatic carbocycles. The number of nitrogens with zero attached hydrogens (tertiary/aromatic N) is 3. The average molecular weight is 497 g/mol. The highest BCUT2D eigenvalue weighted by atomic mass is 32.2. The molecule has 35 heavy (non-hydrogen) atoms. The number of anilines is 1. The Kier molecular flexibility index (Phi) is 6.67. The predicted octanol–water partition coefficient (Wildman–Crippen LogP) is 0.745. The van der Waals surface area contributed by atoms with Crippen molar-refractivity contribution in [1.29, 1.82) is 0 Å². The molecule has 1 aliphatic rings. The fraction of sp³-hybridized carbons (Fsp3) is 0.217. The molecule has 0 radical (unpaired) electrons. The first-order valence-corrected chi connectivity index (χ1v) is 12.2. The van der Waals surface area contributed by atoms with Crippen molar-refractivity contribution in [1.82, 2.24) is 25.0 Å². The van der Waals surface area contributed by atoms with Gasteiger partial charge in [-0.25, -0.2) is 8.42 Å². The molecule has 1 saturated heterocycles. The first-order chi connectivity index (χ1) is 16.7. The van der Waals surface area contributed by atoms with Crippen molar-refractivity contribution >= 4 is 44.3 Å². The maximum absolute atomic E-state index is 13.0. The summed E-state index contributed by atoms with van der Waals surface area (Å²) in [5, 5.41) is 0.605. The number of piperazine rings is 1. The van der Waals surface area contributed by atoms with Gasteiger partial charge in [0.05, 0.1) is 21.7 Å². The Hall–Kier alpha value is -4.03. The number of nitrogens with one attached hydrogen (secondary N) is 2. The molecule has 0 bridgehead atoms. The minimum absolute atomic E-state index is 0.0401. The Labute approximate surface area is 201 Å². The van der Waals surface area contributed by atoms with Crippen LogP contribution in [0.2, 0.25) is 0 Å². The molecule has 0 saturated carbocycles. The molecule has 3 amide bonds. The lowest BCUT2D eigenvalue weighted by Crippen LogP contribution is -2.49. The average Bonchev–Trinajstić information content (AvgIpc) is 2.87. The van der Waals surface area contributed by atoms with Gasteiger partial charge in [-0.2, -0.15) is 4.31 Å². The van der Waals surface area contributed by atoms with Crippen molar-refractivity contribution in [3.8, 4) is 0 Å². The summed E-state index contributed by atoms with van der Waals surface area (Å²) < 4.78 is 27.3. The molecule has 3 aromatic rings. The molecule has 2 heterocycles. The van der Waals surface area contributed by atoms with Gasteiger partial charge < -0.3 is 10.6 Å². The van der Waals surface area contributed by atoms with Crippen LogP contribution in [0, 0.1) is 0 Å². The van der Waals surface area contributed by atoms with Crippen LogP contribution in [0.3, 0.4) is 0 Å². The normalized spacial score (nSPS) is 14.5. The number of nitrogen functional groups attached to an aromatic ring is 1. The van der Waals surface area contributed by atoms with Crippen molar-refractivity contribution < 1.29 is 22.8 Å². The molecule has 0 unspecified atom stereocenters. The van der Waals surface area contributed by atoms with E-state index in [0.717, 1.165) is 0 Å². The second-order valence-electron chi connectivity index (χ2n) is 7.95. The molecule has 12 heteroatoms. The maximum atomic E-state index is 13.0. The summed E-state index contributed by atoms with van der Waals surface area (Å²) in [6, 6.07) is 12.6. The van der Waals surface area contributed by atoms with Crippen molar-refractivity contribution in [2.75, 3.05) is 31.9 Å². The van der Waals surface area contributed by atoms with Crippen molar-refractivity contribution in [3.05, 3.63) is 65.9 Å². The van der Waals surface area contributed by atoms with Gasteiger partial charge in [-0.1, -0.05) is 24.3 Å². The van der Waals surface area contributed by atoms with Crippen molar-refractivity contribution in [3.63, 3.8) is 0 Å². The van der Waals surface area contributed by atoms with Crippen LogP contribution in [0.4, 0.5) is 5.69 Å². The third kappa shape index (κ3) is 4.93. The van der Waals surface area contributed by atoms with E-state index in [0.29, 0.717) is 24.0 Å². The van der Waals surface area contributed by atoms with Gasteiger partial charge >= 0.3 is 0 Å². The highest BCUT2D eigenvalue weighted by molar-refractivity contribution is 7.89. The number of carbonyl (C=O) groups excluding carboxylic acids is 3. The number of sulfonamides is 1. The number of carbonyl (C=O) groups is 3. The molecular formula is C23H24N6O5S. The van der Waals surface area contributed by atoms with E-state index < -0.39 is 21.8 Å². The van der Waals surface area contributed by atoms with E-state index in [1.807, 2.05) is 0 Å². The Morgan fingerprint density at radius 1 is 0.943 bits per heavy atom. The van der Waals surface area contributed by atoms with Crippen LogP contribution in [0.25, 0.3) is 10.9 Å². The Bertz CT molecular complexity index is 1420. The molecule has 1 fully saturated rings. The van der Waals surface area contributed by atoms with Gasteiger partial charge in [0, 0.05) is 50.2 Å². The van der Waals surface area contributed by atoms with E-state index in [9.17, 15) is 22.8 Å². The summed E-state index contributed by atoms with van der Waals surface area (Å²) in [5.41, 5.74) is 11.6. The fourth-order valence-electron chi connectivity index (χ4n) is 3.79. The summed E-state index contributed by atoms with van der Waals surface area (Å²) in [4.78, 5) is 42.4. The second-order valence-corrected chi connectivity index (χ2v) is 9.89. The zero-order chi connectivity index (χ0) is 25.2. The van der Waals surface area contributed by atoms with Crippen molar-refractivity contribution in [2.45, 2.75) is 11.8 Å². The van der Waals surface area contributed by atoms with E-state index in [2.05, 4.69) is 15.8 Å². The van der Waals surface area contributed by atoms with E-state index in [4.69, 9.17) is 5.73 Å². The molecule has 1 aliphatic heterocycles. The van der Waals surface area contributed by atoms with Crippen LogP contribution >= 0.6 is 0 Å².